The molecule has 0 aliphatic heterocycles. The molecular formula is C18H14N4O. The zero-order valence-electron chi connectivity index (χ0n) is 12.5. The molecule has 5 heteroatoms. The topological polar surface area (TPSA) is 63.6 Å². The van der Waals surface area contributed by atoms with Crippen molar-refractivity contribution in [1.82, 2.24) is 9.97 Å². The molecule has 0 aliphatic rings. The lowest BCUT2D eigenvalue weighted by Gasteiger charge is -2.05. The third kappa shape index (κ3) is 2.68. The van der Waals surface area contributed by atoms with Gasteiger partial charge in [-0.2, -0.15) is 10.1 Å². The summed E-state index contributed by atoms with van der Waals surface area (Å²) in [5.74, 6) is 0. The molecule has 0 aliphatic carbocycles. The Morgan fingerprint density at radius 2 is 1.78 bits per heavy atom. The predicted molar refractivity (Wildman–Crippen MR) is 88.7 cm³/mol. The number of fused-ring (bicyclic) bond motifs is 2. The van der Waals surface area contributed by atoms with Gasteiger partial charge in [0.15, 0.2) is 5.58 Å². The molecule has 0 N–H and O–H groups in total. The van der Waals surface area contributed by atoms with E-state index >= 15 is 0 Å². The van der Waals surface area contributed by atoms with Crippen molar-refractivity contribution in [3.05, 3.63) is 66.5 Å². The Labute approximate surface area is 132 Å². The monoisotopic (exact) mass is 302 g/mol. The minimum atomic E-state index is -0.172. The van der Waals surface area contributed by atoms with E-state index in [1.807, 2.05) is 61.7 Å². The SMILES string of the molecule is CC(N=Nc1nc2ccccc2o1)c1cc2ccccc2cn1. The van der Waals surface area contributed by atoms with E-state index in [2.05, 4.69) is 26.3 Å². The predicted octanol–water partition coefficient (Wildman–Crippen LogP) is 5.22. The van der Waals surface area contributed by atoms with E-state index in [1.54, 1.807) is 0 Å². The summed E-state index contributed by atoms with van der Waals surface area (Å²) in [6.45, 7) is 1.95. The number of azo groups is 1. The van der Waals surface area contributed by atoms with Crippen molar-refractivity contribution in [2.24, 2.45) is 10.2 Å². The number of oxazole rings is 1. The quantitative estimate of drug-likeness (QED) is 0.487. The van der Waals surface area contributed by atoms with Crippen LogP contribution in [0, 0.1) is 0 Å². The van der Waals surface area contributed by atoms with Gasteiger partial charge in [-0.05, 0) is 30.5 Å². The highest BCUT2D eigenvalue weighted by Crippen LogP contribution is 2.24. The number of pyridine rings is 1. The molecule has 0 radical (unpaired) electrons. The van der Waals surface area contributed by atoms with Gasteiger partial charge in [0.1, 0.15) is 11.6 Å². The van der Waals surface area contributed by atoms with Crippen molar-refractivity contribution in [3.8, 4) is 0 Å². The van der Waals surface area contributed by atoms with Crippen molar-refractivity contribution >= 4 is 27.9 Å². The van der Waals surface area contributed by atoms with E-state index in [0.29, 0.717) is 5.58 Å². The fourth-order valence-electron chi connectivity index (χ4n) is 2.43. The molecule has 5 nitrogen and oxygen atoms in total. The van der Waals surface area contributed by atoms with Gasteiger partial charge >= 0.3 is 6.01 Å². The van der Waals surface area contributed by atoms with Gasteiger partial charge in [0.25, 0.3) is 0 Å². The van der Waals surface area contributed by atoms with Crippen LogP contribution in [0.2, 0.25) is 0 Å². The van der Waals surface area contributed by atoms with Gasteiger partial charge in [0.05, 0.1) is 5.69 Å². The van der Waals surface area contributed by atoms with Crippen molar-refractivity contribution in [2.45, 2.75) is 13.0 Å². The summed E-state index contributed by atoms with van der Waals surface area (Å²) in [5.41, 5.74) is 2.35. The second kappa shape index (κ2) is 5.61. The molecule has 0 saturated carbocycles. The molecule has 23 heavy (non-hydrogen) atoms. The maximum absolute atomic E-state index is 5.53. The molecule has 0 fully saturated rings. The van der Waals surface area contributed by atoms with Crippen LogP contribution < -0.4 is 0 Å². The van der Waals surface area contributed by atoms with Crippen molar-refractivity contribution < 1.29 is 4.42 Å². The van der Waals surface area contributed by atoms with Crippen LogP contribution in [-0.2, 0) is 0 Å². The molecule has 1 atom stereocenters. The second-order valence-electron chi connectivity index (χ2n) is 5.31. The number of para-hydroxylation sites is 2. The Balaban J connectivity index is 1.61. The minimum absolute atomic E-state index is 0.172. The Hall–Kier alpha value is -3.08. The number of benzene rings is 2. The Kier molecular flexibility index (Phi) is 3.31. The highest BCUT2D eigenvalue weighted by Gasteiger charge is 2.08. The largest absolute Gasteiger partial charge is 0.421 e. The van der Waals surface area contributed by atoms with E-state index in [9.17, 15) is 0 Å². The summed E-state index contributed by atoms with van der Waals surface area (Å²) in [6, 6.07) is 17.8. The summed E-state index contributed by atoms with van der Waals surface area (Å²) in [4.78, 5) is 8.74. The van der Waals surface area contributed by atoms with Gasteiger partial charge in [-0.1, -0.05) is 41.5 Å². The molecular weight excluding hydrogens is 288 g/mol. The molecule has 112 valence electrons. The lowest BCUT2D eigenvalue weighted by Crippen LogP contribution is -1.93. The molecule has 0 saturated heterocycles. The summed E-state index contributed by atoms with van der Waals surface area (Å²) in [7, 11) is 0. The van der Waals surface area contributed by atoms with Crippen LogP contribution in [-0.4, -0.2) is 9.97 Å². The van der Waals surface area contributed by atoms with Crippen molar-refractivity contribution in [2.75, 3.05) is 0 Å². The third-order valence-electron chi connectivity index (χ3n) is 3.68. The maximum Gasteiger partial charge on any atom is 0.341 e. The molecule has 2 heterocycles. The second-order valence-corrected chi connectivity index (χ2v) is 5.31. The molecule has 4 aromatic rings. The lowest BCUT2D eigenvalue weighted by atomic mass is 10.1. The average Bonchev–Trinajstić information content (AvgIpc) is 3.02. The molecule has 0 bridgehead atoms. The Morgan fingerprint density at radius 1 is 1.00 bits per heavy atom. The highest BCUT2D eigenvalue weighted by atomic mass is 16.4. The van der Waals surface area contributed by atoms with Gasteiger partial charge in [-0.25, -0.2) is 0 Å². The summed E-state index contributed by atoms with van der Waals surface area (Å²) in [5, 5.41) is 10.6. The summed E-state index contributed by atoms with van der Waals surface area (Å²) >= 11 is 0. The zero-order valence-corrected chi connectivity index (χ0v) is 12.5. The number of aromatic nitrogens is 2. The van der Waals surface area contributed by atoms with Gasteiger partial charge in [0, 0.05) is 11.6 Å². The van der Waals surface area contributed by atoms with Gasteiger partial charge in [-0.3, -0.25) is 4.98 Å². The van der Waals surface area contributed by atoms with Crippen LogP contribution in [0.25, 0.3) is 21.9 Å². The zero-order chi connectivity index (χ0) is 15.6. The first-order valence-corrected chi connectivity index (χ1v) is 7.41. The standard InChI is InChI=1S/C18H14N4O/c1-12(16-10-13-6-2-3-7-14(13)11-19-16)21-22-18-20-15-8-4-5-9-17(15)23-18/h2-12H,1H3. The van der Waals surface area contributed by atoms with E-state index in [1.165, 1.54) is 0 Å². The van der Waals surface area contributed by atoms with Gasteiger partial charge in [-0.15, -0.1) is 0 Å². The molecule has 2 aromatic heterocycles. The molecule has 4 rings (SSSR count). The third-order valence-corrected chi connectivity index (χ3v) is 3.68. The first kappa shape index (κ1) is 13.6. The summed E-state index contributed by atoms with van der Waals surface area (Å²) < 4.78 is 5.53. The van der Waals surface area contributed by atoms with E-state index in [4.69, 9.17) is 4.42 Å². The number of hydrogen-bond donors (Lipinski definition) is 0. The minimum Gasteiger partial charge on any atom is -0.421 e. The number of rotatable bonds is 3. The van der Waals surface area contributed by atoms with E-state index in [0.717, 1.165) is 22.0 Å². The van der Waals surface area contributed by atoms with Crippen LogP contribution in [0.4, 0.5) is 6.01 Å². The lowest BCUT2D eigenvalue weighted by molar-refractivity contribution is 0.593. The fourth-order valence-corrected chi connectivity index (χ4v) is 2.43. The van der Waals surface area contributed by atoms with Gasteiger partial charge in [0.2, 0.25) is 0 Å². The molecule has 2 aromatic carbocycles. The number of hydrogen-bond acceptors (Lipinski definition) is 5. The van der Waals surface area contributed by atoms with Crippen LogP contribution in [0.15, 0.2) is 75.4 Å². The van der Waals surface area contributed by atoms with E-state index in [-0.39, 0.29) is 12.1 Å². The van der Waals surface area contributed by atoms with Crippen LogP contribution in [0.5, 0.6) is 0 Å². The molecule has 1 unspecified atom stereocenters. The number of nitrogens with zero attached hydrogens (tertiary/aromatic N) is 4. The van der Waals surface area contributed by atoms with Crippen molar-refractivity contribution in [3.63, 3.8) is 0 Å². The Bertz CT molecular complexity index is 973. The van der Waals surface area contributed by atoms with E-state index < -0.39 is 0 Å². The first-order valence-electron chi connectivity index (χ1n) is 7.41. The molecule has 0 spiro atoms. The highest BCUT2D eigenvalue weighted by molar-refractivity contribution is 5.81. The maximum atomic E-state index is 5.53. The normalized spacial score (nSPS) is 13.1. The van der Waals surface area contributed by atoms with Crippen LogP contribution >= 0.6 is 0 Å². The fraction of sp³-hybridized carbons (Fsp3) is 0.111. The Morgan fingerprint density at radius 3 is 2.65 bits per heavy atom. The smallest absolute Gasteiger partial charge is 0.341 e. The van der Waals surface area contributed by atoms with Crippen LogP contribution in [0.1, 0.15) is 18.7 Å². The van der Waals surface area contributed by atoms with Crippen molar-refractivity contribution in [1.29, 1.82) is 0 Å². The van der Waals surface area contributed by atoms with Crippen LogP contribution in [0.3, 0.4) is 0 Å². The van der Waals surface area contributed by atoms with Gasteiger partial charge < -0.3 is 4.42 Å². The average molecular weight is 302 g/mol. The summed E-state index contributed by atoms with van der Waals surface area (Å²) in [6.07, 6.45) is 1.86. The first-order chi connectivity index (χ1) is 11.3. The molecule has 0 amide bonds.